The van der Waals surface area contributed by atoms with E-state index in [1.165, 1.54) is 88.6 Å². The van der Waals surface area contributed by atoms with Crippen molar-refractivity contribution < 1.29 is 52.6 Å². The van der Waals surface area contributed by atoms with Gasteiger partial charge in [-0.1, -0.05) is 88.3 Å². The number of sulfonamides is 4. The fourth-order valence-corrected chi connectivity index (χ4v) is 16.8. The first-order chi connectivity index (χ1) is 39.2. The number of methoxy groups -OCH3 is 3. The van der Waals surface area contributed by atoms with E-state index < -0.39 is 40.1 Å². The van der Waals surface area contributed by atoms with Crippen LogP contribution < -0.4 is 37.8 Å². The van der Waals surface area contributed by atoms with E-state index in [4.69, 9.17) is 77.0 Å². The SMILES string of the molecule is CCOc1nc(Br)cnc1NS(=O)(=O)c1ccc(Cl)s1.COc1nc(-c2ccccc2)cnc1NS(=O)(=O)c1ccc(Cl)s1.COc1nc(Br)cnc1NS(=O)(=O)c1cc(Cl)c(Cl)s1.COc1nc(Br)cnc1NS(=O)(=O)c1ccc(Cl)s1. The number of rotatable bonds is 18. The van der Waals surface area contributed by atoms with Crippen molar-refractivity contribution in [1.29, 1.82) is 0 Å². The van der Waals surface area contributed by atoms with Gasteiger partial charge in [0.25, 0.3) is 63.6 Å². The summed E-state index contributed by atoms with van der Waals surface area (Å²) in [5, 5.41) is 0.172. The van der Waals surface area contributed by atoms with Gasteiger partial charge >= 0.3 is 0 Å². The lowest BCUT2D eigenvalue weighted by Gasteiger charge is -2.10. The second-order valence-electron chi connectivity index (χ2n) is 14.6. The van der Waals surface area contributed by atoms with Crippen LogP contribution in [0.15, 0.2) is 128 Å². The Morgan fingerprint density at radius 2 is 0.807 bits per heavy atom. The van der Waals surface area contributed by atoms with Crippen LogP contribution >= 0.6 is 151 Å². The van der Waals surface area contributed by atoms with E-state index >= 15 is 0 Å². The van der Waals surface area contributed by atoms with Crippen molar-refractivity contribution >= 4 is 215 Å². The molecular formula is C43H34Br3Cl5N12O12S8. The molecule has 0 aliphatic rings. The van der Waals surface area contributed by atoms with Gasteiger partial charge in [-0.25, -0.2) is 73.5 Å². The number of halogens is 8. The topological polar surface area (TPSA) is 325 Å². The molecule has 83 heavy (non-hydrogen) atoms. The highest BCUT2D eigenvalue weighted by Gasteiger charge is 2.25. The van der Waals surface area contributed by atoms with Crippen LogP contribution in [0, 0.1) is 0 Å². The Hall–Kier alpha value is -4.57. The summed E-state index contributed by atoms with van der Waals surface area (Å²) in [6.45, 7) is 2.10. The predicted octanol–water partition coefficient (Wildman–Crippen LogP) is 13.0. The van der Waals surface area contributed by atoms with Gasteiger partial charge in [-0.3, -0.25) is 18.9 Å². The Balaban J connectivity index is 0.000000178. The molecule has 24 nitrogen and oxygen atoms in total. The first-order valence-electron chi connectivity index (χ1n) is 21.7. The molecule has 9 aromatic rings. The van der Waals surface area contributed by atoms with Crippen LogP contribution in [0.4, 0.5) is 23.3 Å². The number of aromatic nitrogens is 8. The maximum Gasteiger partial charge on any atom is 0.272 e. The largest absolute Gasteiger partial charge is 0.478 e. The molecule has 9 rings (SSSR count). The number of nitrogens with one attached hydrogen (secondary N) is 4. The fourth-order valence-electron chi connectivity index (χ4n) is 5.62. The lowest BCUT2D eigenvalue weighted by Crippen LogP contribution is -2.14. The molecule has 0 atom stereocenters. The maximum atomic E-state index is 12.4. The summed E-state index contributed by atoms with van der Waals surface area (Å²) in [4.78, 5) is 32.2. The Kier molecular flexibility index (Phi) is 24.6. The summed E-state index contributed by atoms with van der Waals surface area (Å²) < 4.78 is 130. The van der Waals surface area contributed by atoms with Crippen molar-refractivity contribution in [3.8, 4) is 34.8 Å². The zero-order chi connectivity index (χ0) is 60.9. The molecule has 0 spiro atoms. The minimum absolute atomic E-state index is 0.00947. The average molecular weight is 1580 g/mol. The second-order valence-corrected chi connectivity index (χ2v) is 31.9. The summed E-state index contributed by atoms with van der Waals surface area (Å²) in [6, 6.07) is 19.4. The smallest absolute Gasteiger partial charge is 0.272 e. The zero-order valence-corrected chi connectivity index (χ0v) is 56.8. The molecular weight excluding hydrogens is 1550 g/mol. The molecule has 0 amide bonds. The van der Waals surface area contributed by atoms with Crippen molar-refractivity contribution in [3.63, 3.8) is 0 Å². The molecule has 0 saturated heterocycles. The maximum absolute atomic E-state index is 12.4. The van der Waals surface area contributed by atoms with E-state index in [1.807, 2.05) is 30.3 Å². The number of hydrogen-bond donors (Lipinski definition) is 4. The van der Waals surface area contributed by atoms with E-state index in [2.05, 4.69) is 107 Å². The highest BCUT2D eigenvalue weighted by molar-refractivity contribution is 9.11. The number of anilines is 4. The molecule has 40 heteroatoms. The zero-order valence-electron chi connectivity index (χ0n) is 41.7. The van der Waals surface area contributed by atoms with Crippen LogP contribution in [0.3, 0.4) is 0 Å². The van der Waals surface area contributed by atoms with Gasteiger partial charge in [0, 0.05) is 5.56 Å². The van der Waals surface area contributed by atoms with Crippen molar-refractivity contribution in [2.75, 3.05) is 46.8 Å². The van der Waals surface area contributed by atoms with Crippen LogP contribution in [0.2, 0.25) is 22.4 Å². The lowest BCUT2D eigenvalue weighted by molar-refractivity contribution is 0.327. The van der Waals surface area contributed by atoms with Gasteiger partial charge < -0.3 is 18.9 Å². The molecule has 8 aromatic heterocycles. The van der Waals surface area contributed by atoms with Gasteiger partial charge in [0.15, 0.2) is 0 Å². The predicted molar refractivity (Wildman–Crippen MR) is 333 cm³/mol. The third-order valence-electron chi connectivity index (χ3n) is 9.06. The Labute approximate surface area is 540 Å². The number of thiophene rings is 4. The van der Waals surface area contributed by atoms with E-state index in [1.54, 1.807) is 6.92 Å². The molecule has 0 aliphatic heterocycles. The molecule has 8 heterocycles. The number of hydrogen-bond acceptors (Lipinski definition) is 24. The highest BCUT2D eigenvalue weighted by Crippen LogP contribution is 2.37. The van der Waals surface area contributed by atoms with Crippen molar-refractivity contribution in [3.05, 3.63) is 134 Å². The van der Waals surface area contributed by atoms with Crippen LogP contribution in [0.5, 0.6) is 23.5 Å². The molecule has 0 bridgehead atoms. The molecule has 0 radical (unpaired) electrons. The van der Waals surface area contributed by atoms with Crippen molar-refractivity contribution in [2.24, 2.45) is 0 Å². The minimum Gasteiger partial charge on any atom is -0.478 e. The van der Waals surface area contributed by atoms with E-state index in [0.717, 1.165) is 50.9 Å². The molecule has 0 saturated carbocycles. The summed E-state index contributed by atoms with van der Waals surface area (Å²) >= 11 is 41.8. The van der Waals surface area contributed by atoms with E-state index in [0.29, 0.717) is 39.1 Å². The Morgan fingerprint density at radius 3 is 1.14 bits per heavy atom. The number of nitrogens with zero attached hydrogens (tertiary/aromatic N) is 8. The summed E-state index contributed by atoms with van der Waals surface area (Å²) in [5.74, 6) is 0.320. The molecule has 1 aromatic carbocycles. The summed E-state index contributed by atoms with van der Waals surface area (Å²) in [6.07, 6.45) is 5.56. The number of benzene rings is 1. The van der Waals surface area contributed by atoms with Gasteiger partial charge in [-0.15, -0.1) is 45.3 Å². The normalized spacial score (nSPS) is 11.3. The van der Waals surface area contributed by atoms with Crippen LogP contribution in [-0.4, -0.2) is 101 Å². The molecule has 0 unspecified atom stereocenters. The standard InChI is InChI=1S/C15H12ClN3O3S2.C10H9BrClN3O3S2.C9H6BrCl2N3O3S2.C9H7BrClN3O3S2/c1-22-15-14(19-24(20,21)13-8-7-12(16)23-13)17-9-11(18-15)10-5-3-2-4-6-10;1-2-18-10-9(13-5-6(11)14-10)15-20(16,17)8-4-3-7(12)19-8;1-18-9-8(13-3-5(10)14-9)15-20(16,17)6-2-4(11)7(12)19-6;1-17-9-8(12-4-5(10)13-9)14-19(15,16)7-3-2-6(11)18-7/h2-9H,1H3,(H,17,19);3-5H,2H2,1H3,(H,13,15);2-3H,1H3,(H,13,15);2-4H,1H3,(H,12,14). The van der Waals surface area contributed by atoms with Gasteiger partial charge in [0.2, 0.25) is 23.3 Å². The quantitative estimate of drug-likeness (QED) is 0.0620. The van der Waals surface area contributed by atoms with Crippen LogP contribution in [0.25, 0.3) is 11.3 Å². The van der Waals surface area contributed by atoms with Gasteiger partial charge in [0.1, 0.15) is 35.0 Å². The monoisotopic (exact) mass is 1580 g/mol. The molecule has 0 fully saturated rings. The first-order valence-corrected chi connectivity index (χ1v) is 35.2. The average Bonchev–Trinajstić information content (AvgIpc) is 4.47. The van der Waals surface area contributed by atoms with Crippen LogP contribution in [-0.2, 0) is 40.1 Å². The van der Waals surface area contributed by atoms with E-state index in [-0.39, 0.29) is 73.0 Å². The van der Waals surface area contributed by atoms with Gasteiger partial charge in [-0.05, 0) is 97.2 Å². The van der Waals surface area contributed by atoms with Gasteiger partial charge in [0.05, 0.1) is 76.4 Å². The lowest BCUT2D eigenvalue weighted by atomic mass is 10.2. The second kappa shape index (κ2) is 30.2. The molecule has 442 valence electrons. The number of ether oxygens (including phenoxy) is 4. The van der Waals surface area contributed by atoms with Gasteiger partial charge in [-0.2, -0.15) is 0 Å². The molecule has 4 N–H and O–H groups in total. The van der Waals surface area contributed by atoms with Crippen molar-refractivity contribution in [2.45, 2.75) is 23.8 Å². The minimum atomic E-state index is -3.86. The third-order valence-corrected chi connectivity index (χ3v) is 23.1. The van der Waals surface area contributed by atoms with Crippen molar-refractivity contribution in [1.82, 2.24) is 39.9 Å². The first kappa shape index (κ1) is 67.6. The summed E-state index contributed by atoms with van der Waals surface area (Å²) in [5.41, 5.74) is 1.43. The Bertz CT molecular complexity index is 4180. The fraction of sp³-hybridized carbons (Fsp3) is 0.116. The summed E-state index contributed by atoms with van der Waals surface area (Å²) in [7, 11) is -11.0. The van der Waals surface area contributed by atoms with Crippen LogP contribution in [0.1, 0.15) is 6.92 Å². The highest BCUT2D eigenvalue weighted by atomic mass is 79.9. The third kappa shape index (κ3) is 19.2. The van der Waals surface area contributed by atoms with E-state index in [9.17, 15) is 33.7 Å². The Morgan fingerprint density at radius 1 is 0.458 bits per heavy atom. The molecule has 0 aliphatic carbocycles.